The molecule has 32 heavy (non-hydrogen) atoms. The summed E-state index contributed by atoms with van der Waals surface area (Å²) in [7, 11) is 0. The van der Waals surface area contributed by atoms with Gasteiger partial charge in [-0.1, -0.05) is 72.8 Å². The lowest BCUT2D eigenvalue weighted by molar-refractivity contribution is -0.147. The molecule has 0 heterocycles. The number of carbonyl (C=O) groups is 3. The summed E-state index contributed by atoms with van der Waals surface area (Å²) >= 11 is 0. The van der Waals surface area contributed by atoms with Crippen molar-refractivity contribution in [3.63, 3.8) is 0 Å². The molecule has 0 radical (unpaired) electrons. The number of ether oxygens (including phenoxy) is 2. The van der Waals surface area contributed by atoms with E-state index in [0.717, 1.165) is 11.1 Å². The maximum Gasteiger partial charge on any atom is 0.408 e. The number of alkyl carbamates (subject to hydrolysis) is 1. The molecule has 3 aromatic carbocycles. The fraction of sp³-hybridized carbons (Fsp3) is 0.160. The minimum absolute atomic E-state index is 0.0477. The highest BCUT2D eigenvalue weighted by Gasteiger charge is 2.24. The minimum atomic E-state index is -1.08. The summed E-state index contributed by atoms with van der Waals surface area (Å²) in [5.41, 5.74) is 2.26. The van der Waals surface area contributed by atoms with Crippen molar-refractivity contribution in [1.29, 1.82) is 0 Å². The smallest absolute Gasteiger partial charge is 0.408 e. The van der Waals surface area contributed by atoms with Crippen molar-refractivity contribution in [1.82, 2.24) is 5.32 Å². The Hall–Kier alpha value is -4.13. The zero-order valence-electron chi connectivity index (χ0n) is 17.3. The molecule has 2 N–H and O–H groups in total. The lowest BCUT2D eigenvalue weighted by Gasteiger charge is -2.18. The van der Waals surface area contributed by atoms with E-state index in [0.29, 0.717) is 5.56 Å². The van der Waals surface area contributed by atoms with Gasteiger partial charge in [0, 0.05) is 6.42 Å². The Morgan fingerprint density at radius 3 is 1.91 bits per heavy atom. The zero-order valence-corrected chi connectivity index (χ0v) is 17.3. The predicted molar refractivity (Wildman–Crippen MR) is 117 cm³/mol. The molecule has 0 aliphatic heterocycles. The maximum absolute atomic E-state index is 12.7. The van der Waals surface area contributed by atoms with Crippen LogP contribution in [0, 0.1) is 0 Å². The first kappa shape index (κ1) is 22.6. The van der Waals surface area contributed by atoms with Gasteiger partial charge in [0.05, 0.1) is 5.56 Å². The van der Waals surface area contributed by atoms with Gasteiger partial charge in [0.1, 0.15) is 19.3 Å². The van der Waals surface area contributed by atoms with E-state index in [9.17, 15) is 19.5 Å². The summed E-state index contributed by atoms with van der Waals surface area (Å²) in [6.45, 7) is 0.0963. The van der Waals surface area contributed by atoms with E-state index in [1.807, 2.05) is 60.7 Å². The van der Waals surface area contributed by atoms with Gasteiger partial charge in [-0.2, -0.15) is 0 Å². The normalized spacial score (nSPS) is 11.2. The van der Waals surface area contributed by atoms with Crippen LogP contribution in [0.5, 0.6) is 0 Å². The molecule has 7 nitrogen and oxygen atoms in total. The Balaban J connectivity index is 1.67. The van der Waals surface area contributed by atoms with Gasteiger partial charge in [0.15, 0.2) is 0 Å². The number of carboxylic acid groups (broad SMARTS) is 1. The number of rotatable bonds is 9. The Labute approximate surface area is 185 Å². The van der Waals surface area contributed by atoms with Gasteiger partial charge in [-0.25, -0.2) is 14.4 Å². The van der Waals surface area contributed by atoms with E-state index in [1.165, 1.54) is 12.1 Å². The molecule has 1 amide bonds. The highest BCUT2D eigenvalue weighted by Crippen LogP contribution is 2.11. The molecule has 0 spiro atoms. The number of nitrogens with one attached hydrogen (secondary N) is 1. The number of carboxylic acids is 1. The number of esters is 1. The highest BCUT2D eigenvalue weighted by molar-refractivity contribution is 5.88. The molecular formula is C25H23NO6. The number of carbonyl (C=O) groups excluding carboxylic acids is 2. The molecule has 164 valence electrons. The number of hydrogen-bond acceptors (Lipinski definition) is 5. The molecule has 3 aromatic rings. The monoisotopic (exact) mass is 433 g/mol. The van der Waals surface area contributed by atoms with E-state index < -0.39 is 24.1 Å². The lowest BCUT2D eigenvalue weighted by Crippen LogP contribution is -2.43. The van der Waals surface area contributed by atoms with Crippen LogP contribution in [0.4, 0.5) is 4.79 Å². The predicted octanol–water partition coefficient (Wildman–Crippen LogP) is 3.97. The molecule has 1 atom stereocenters. The van der Waals surface area contributed by atoms with Crippen LogP contribution in [-0.2, 0) is 33.9 Å². The summed E-state index contributed by atoms with van der Waals surface area (Å²) < 4.78 is 10.6. The Kier molecular flexibility index (Phi) is 7.97. The van der Waals surface area contributed by atoms with E-state index in [4.69, 9.17) is 9.47 Å². The molecule has 0 bridgehead atoms. The van der Waals surface area contributed by atoms with E-state index in [-0.39, 0.29) is 25.2 Å². The number of amides is 1. The van der Waals surface area contributed by atoms with Gasteiger partial charge in [-0.05, 0) is 28.8 Å². The van der Waals surface area contributed by atoms with Gasteiger partial charge in [0.25, 0.3) is 0 Å². The Bertz CT molecular complexity index is 1050. The molecule has 3 rings (SSSR count). The van der Waals surface area contributed by atoms with Crippen LogP contribution in [0.2, 0.25) is 0 Å². The van der Waals surface area contributed by atoms with Gasteiger partial charge in [-0.15, -0.1) is 0 Å². The molecular weight excluding hydrogens is 410 g/mol. The third kappa shape index (κ3) is 6.98. The van der Waals surface area contributed by atoms with E-state index in [2.05, 4.69) is 5.32 Å². The SMILES string of the molecule is O=C(N[C@@H](Cc1cccc(C(=O)O)c1)C(=O)OCc1ccccc1)OCc1ccccc1. The molecule has 0 aliphatic rings. The first-order valence-electron chi connectivity index (χ1n) is 10.0. The van der Waals surface area contributed by atoms with Crippen LogP contribution >= 0.6 is 0 Å². The summed E-state index contributed by atoms with van der Waals surface area (Å²) in [4.78, 5) is 36.3. The molecule has 0 fully saturated rings. The van der Waals surface area contributed by atoms with Crippen LogP contribution in [-0.4, -0.2) is 29.2 Å². The minimum Gasteiger partial charge on any atom is -0.478 e. The van der Waals surface area contributed by atoms with Crippen LogP contribution in [0.1, 0.15) is 27.0 Å². The van der Waals surface area contributed by atoms with Gasteiger partial charge < -0.3 is 19.9 Å². The molecule has 0 aromatic heterocycles. The van der Waals surface area contributed by atoms with Crippen molar-refractivity contribution in [2.75, 3.05) is 0 Å². The summed E-state index contributed by atoms with van der Waals surface area (Å²) in [6, 6.07) is 23.4. The quantitative estimate of drug-likeness (QED) is 0.495. The second kappa shape index (κ2) is 11.3. The largest absolute Gasteiger partial charge is 0.478 e. The molecule has 0 unspecified atom stereocenters. The number of aromatic carboxylic acids is 1. The summed E-state index contributed by atoms with van der Waals surface area (Å²) in [6.07, 6.45) is -0.722. The van der Waals surface area contributed by atoms with Crippen molar-refractivity contribution in [2.24, 2.45) is 0 Å². The first-order valence-corrected chi connectivity index (χ1v) is 10.0. The van der Waals surface area contributed by atoms with E-state index in [1.54, 1.807) is 12.1 Å². The van der Waals surface area contributed by atoms with Gasteiger partial charge in [-0.3, -0.25) is 0 Å². The van der Waals surface area contributed by atoms with Crippen molar-refractivity contribution in [3.05, 3.63) is 107 Å². The lowest BCUT2D eigenvalue weighted by atomic mass is 10.0. The van der Waals surface area contributed by atoms with Gasteiger partial charge >= 0.3 is 18.0 Å². The van der Waals surface area contributed by atoms with Crippen molar-refractivity contribution in [3.8, 4) is 0 Å². The van der Waals surface area contributed by atoms with E-state index >= 15 is 0 Å². The molecule has 0 saturated carbocycles. The van der Waals surface area contributed by atoms with Crippen molar-refractivity contribution in [2.45, 2.75) is 25.7 Å². The number of benzene rings is 3. The Morgan fingerprint density at radius 2 is 1.31 bits per heavy atom. The van der Waals surface area contributed by atoms with Crippen LogP contribution in [0.25, 0.3) is 0 Å². The maximum atomic E-state index is 12.7. The van der Waals surface area contributed by atoms with Crippen molar-refractivity contribution < 1.29 is 29.0 Å². The second-order valence-electron chi connectivity index (χ2n) is 7.06. The fourth-order valence-corrected chi connectivity index (χ4v) is 3.00. The fourth-order valence-electron chi connectivity index (χ4n) is 3.00. The summed E-state index contributed by atoms with van der Waals surface area (Å²) in [5.74, 6) is -1.73. The summed E-state index contributed by atoms with van der Waals surface area (Å²) in [5, 5.41) is 11.7. The third-order valence-electron chi connectivity index (χ3n) is 4.63. The molecule has 7 heteroatoms. The number of hydrogen-bond donors (Lipinski definition) is 2. The third-order valence-corrected chi connectivity index (χ3v) is 4.63. The van der Waals surface area contributed by atoms with Crippen LogP contribution in [0.3, 0.4) is 0 Å². The standard InChI is InChI=1S/C25H23NO6/c27-23(28)21-13-7-12-20(14-21)15-22(24(29)31-16-18-8-3-1-4-9-18)26-25(30)32-17-19-10-5-2-6-11-19/h1-14,22H,15-17H2,(H,26,30)(H,27,28)/t22-/m0/s1. The topological polar surface area (TPSA) is 102 Å². The highest BCUT2D eigenvalue weighted by atomic mass is 16.6. The second-order valence-corrected chi connectivity index (χ2v) is 7.06. The average molecular weight is 433 g/mol. The first-order chi connectivity index (χ1) is 15.5. The molecule has 0 saturated heterocycles. The van der Waals surface area contributed by atoms with Crippen LogP contribution < -0.4 is 5.32 Å². The molecule has 0 aliphatic carbocycles. The van der Waals surface area contributed by atoms with Gasteiger partial charge in [0.2, 0.25) is 0 Å². The van der Waals surface area contributed by atoms with Crippen LogP contribution in [0.15, 0.2) is 84.9 Å². The zero-order chi connectivity index (χ0) is 22.8. The van der Waals surface area contributed by atoms with Crippen molar-refractivity contribution >= 4 is 18.0 Å². The average Bonchev–Trinajstić information content (AvgIpc) is 2.82. The Morgan fingerprint density at radius 1 is 0.750 bits per heavy atom.